The van der Waals surface area contributed by atoms with Crippen LogP contribution in [0.5, 0.6) is 11.9 Å². The van der Waals surface area contributed by atoms with Crippen LogP contribution >= 0.6 is 0 Å². The van der Waals surface area contributed by atoms with E-state index in [1.807, 2.05) is 13.8 Å². The summed E-state index contributed by atoms with van der Waals surface area (Å²) in [5.41, 5.74) is 5.57. The van der Waals surface area contributed by atoms with Crippen molar-refractivity contribution in [1.82, 2.24) is 9.97 Å². The second-order valence-corrected chi connectivity index (χ2v) is 3.68. The third-order valence-electron chi connectivity index (χ3n) is 2.16. The largest absolute Gasteiger partial charge is 0.481 e. The summed E-state index contributed by atoms with van der Waals surface area (Å²) in [6, 6.07) is 1.95. The van der Waals surface area contributed by atoms with Crippen LogP contribution in [-0.2, 0) is 0 Å². The van der Waals surface area contributed by atoms with Gasteiger partial charge < -0.3 is 15.2 Å². The molecule has 0 amide bonds. The van der Waals surface area contributed by atoms with Gasteiger partial charge in [-0.25, -0.2) is 4.98 Å². The van der Waals surface area contributed by atoms with Gasteiger partial charge in [-0.2, -0.15) is 4.98 Å². The highest BCUT2D eigenvalue weighted by Gasteiger charge is 2.17. The van der Waals surface area contributed by atoms with E-state index in [1.54, 1.807) is 19.4 Å². The minimum Gasteiger partial charge on any atom is -0.481 e. The third kappa shape index (κ3) is 3.71. The van der Waals surface area contributed by atoms with Crippen molar-refractivity contribution in [2.24, 2.45) is 5.73 Å². The molecule has 1 unspecified atom stereocenters. The number of nitrogens with zero attached hydrogens (tertiary/aromatic N) is 2. The van der Waals surface area contributed by atoms with Crippen molar-refractivity contribution in [2.75, 3.05) is 13.7 Å². The van der Waals surface area contributed by atoms with Crippen LogP contribution in [0, 0.1) is 0 Å². The highest BCUT2D eigenvalue weighted by atomic mass is 16.5. The summed E-state index contributed by atoms with van der Waals surface area (Å²) < 4.78 is 10.3. The van der Waals surface area contributed by atoms with E-state index in [2.05, 4.69) is 9.97 Å². The van der Waals surface area contributed by atoms with Gasteiger partial charge in [0.15, 0.2) is 0 Å². The van der Waals surface area contributed by atoms with Crippen molar-refractivity contribution in [3.8, 4) is 11.9 Å². The molecule has 0 bridgehead atoms. The molecule has 5 heteroatoms. The van der Waals surface area contributed by atoms with E-state index in [1.165, 1.54) is 0 Å². The number of ether oxygens (including phenoxy) is 2. The lowest BCUT2D eigenvalue weighted by molar-refractivity contribution is 0.208. The molecule has 2 N–H and O–H groups in total. The second kappa shape index (κ2) is 4.93. The summed E-state index contributed by atoms with van der Waals surface area (Å²) >= 11 is 0. The van der Waals surface area contributed by atoms with E-state index in [0.717, 1.165) is 6.42 Å². The average Bonchev–Trinajstić information content (AvgIpc) is 2.27. The number of hydrogen-bond donors (Lipinski definition) is 1. The van der Waals surface area contributed by atoms with Gasteiger partial charge in [0.05, 0.1) is 7.11 Å². The molecule has 0 aliphatic carbocycles. The predicted octanol–water partition coefficient (Wildman–Crippen LogP) is 0.991. The molecule has 0 aliphatic rings. The topological polar surface area (TPSA) is 70.3 Å². The molecule has 1 rings (SSSR count). The monoisotopic (exact) mass is 211 g/mol. The Morgan fingerprint density at radius 1 is 1.53 bits per heavy atom. The molecule has 0 aliphatic heterocycles. The Morgan fingerprint density at radius 2 is 2.27 bits per heavy atom. The van der Waals surface area contributed by atoms with Crippen LogP contribution in [0.4, 0.5) is 0 Å². The first-order valence-electron chi connectivity index (χ1n) is 4.86. The summed E-state index contributed by atoms with van der Waals surface area (Å²) in [5, 5.41) is 0. The number of rotatable bonds is 5. The highest BCUT2D eigenvalue weighted by Crippen LogP contribution is 2.11. The number of aromatic nitrogens is 2. The Morgan fingerprint density at radius 3 is 2.87 bits per heavy atom. The molecule has 0 radical (unpaired) electrons. The normalized spacial score (nSPS) is 14.4. The van der Waals surface area contributed by atoms with E-state index < -0.39 is 0 Å². The fraction of sp³-hybridized carbons (Fsp3) is 0.600. The lowest BCUT2D eigenvalue weighted by Crippen LogP contribution is -2.41. The quantitative estimate of drug-likeness (QED) is 0.786. The predicted molar refractivity (Wildman–Crippen MR) is 57.0 cm³/mol. The number of hydrogen-bond acceptors (Lipinski definition) is 5. The van der Waals surface area contributed by atoms with Gasteiger partial charge in [0.1, 0.15) is 6.61 Å². The van der Waals surface area contributed by atoms with Crippen LogP contribution in [0.2, 0.25) is 0 Å². The fourth-order valence-electron chi connectivity index (χ4n) is 0.840. The first-order valence-corrected chi connectivity index (χ1v) is 4.86. The van der Waals surface area contributed by atoms with Gasteiger partial charge in [0, 0.05) is 17.8 Å². The van der Waals surface area contributed by atoms with E-state index in [4.69, 9.17) is 15.2 Å². The van der Waals surface area contributed by atoms with E-state index in [-0.39, 0.29) is 5.54 Å². The van der Waals surface area contributed by atoms with Gasteiger partial charge in [-0.15, -0.1) is 0 Å². The standard InChI is InChI=1S/C10H17N3O2/c1-4-10(2,11)7-15-9-12-6-5-8(13-9)14-3/h5-6H,4,7,11H2,1-3H3. The lowest BCUT2D eigenvalue weighted by Gasteiger charge is -2.21. The summed E-state index contributed by atoms with van der Waals surface area (Å²) in [7, 11) is 1.55. The Labute approximate surface area is 89.6 Å². The smallest absolute Gasteiger partial charge is 0.319 e. The lowest BCUT2D eigenvalue weighted by atomic mass is 10.0. The van der Waals surface area contributed by atoms with Gasteiger partial charge >= 0.3 is 6.01 Å². The van der Waals surface area contributed by atoms with Gasteiger partial charge in [0.25, 0.3) is 0 Å². The van der Waals surface area contributed by atoms with Crippen molar-refractivity contribution in [1.29, 1.82) is 0 Å². The molecule has 1 atom stereocenters. The zero-order valence-corrected chi connectivity index (χ0v) is 9.36. The van der Waals surface area contributed by atoms with Crippen LogP contribution in [-0.4, -0.2) is 29.2 Å². The Bertz CT molecular complexity index is 315. The van der Waals surface area contributed by atoms with Gasteiger partial charge in [-0.1, -0.05) is 6.92 Å². The van der Waals surface area contributed by atoms with Crippen LogP contribution in [0.3, 0.4) is 0 Å². The van der Waals surface area contributed by atoms with Crippen molar-refractivity contribution in [3.05, 3.63) is 12.3 Å². The Hall–Kier alpha value is -1.36. The maximum atomic E-state index is 5.92. The van der Waals surface area contributed by atoms with Crippen LogP contribution in [0.25, 0.3) is 0 Å². The van der Waals surface area contributed by atoms with E-state index >= 15 is 0 Å². The first-order chi connectivity index (χ1) is 7.07. The molecule has 15 heavy (non-hydrogen) atoms. The summed E-state index contributed by atoms with van der Waals surface area (Å²) in [6.45, 7) is 4.32. The Balaban J connectivity index is 2.57. The molecule has 84 valence electrons. The molecule has 1 aromatic rings. The molecule has 0 aromatic carbocycles. The SMILES string of the molecule is CCC(C)(N)COc1nccc(OC)n1. The number of nitrogens with two attached hydrogens (primary N) is 1. The van der Waals surface area contributed by atoms with Gasteiger partial charge in [-0.05, 0) is 13.3 Å². The summed E-state index contributed by atoms with van der Waals surface area (Å²) in [5.74, 6) is 0.482. The molecule has 1 heterocycles. The van der Waals surface area contributed by atoms with Crippen molar-refractivity contribution >= 4 is 0 Å². The molecule has 0 saturated carbocycles. The number of methoxy groups -OCH3 is 1. The van der Waals surface area contributed by atoms with Crippen molar-refractivity contribution in [3.63, 3.8) is 0 Å². The Kier molecular flexibility index (Phi) is 3.85. The molecular weight excluding hydrogens is 194 g/mol. The fourth-order valence-corrected chi connectivity index (χ4v) is 0.840. The molecule has 0 fully saturated rings. The zero-order valence-electron chi connectivity index (χ0n) is 9.36. The van der Waals surface area contributed by atoms with Crippen LogP contribution in [0.1, 0.15) is 20.3 Å². The molecule has 1 aromatic heterocycles. The average molecular weight is 211 g/mol. The molecular formula is C10H17N3O2. The highest BCUT2D eigenvalue weighted by molar-refractivity contribution is 5.10. The molecule has 0 saturated heterocycles. The minimum absolute atomic E-state index is 0.291. The molecule has 5 nitrogen and oxygen atoms in total. The summed E-state index contributed by atoms with van der Waals surface area (Å²) in [6.07, 6.45) is 2.41. The van der Waals surface area contributed by atoms with Crippen LogP contribution in [0.15, 0.2) is 12.3 Å². The van der Waals surface area contributed by atoms with Crippen LogP contribution < -0.4 is 15.2 Å². The van der Waals surface area contributed by atoms with Gasteiger partial charge in [0.2, 0.25) is 5.88 Å². The third-order valence-corrected chi connectivity index (χ3v) is 2.16. The minimum atomic E-state index is -0.355. The summed E-state index contributed by atoms with van der Waals surface area (Å²) in [4.78, 5) is 7.97. The second-order valence-electron chi connectivity index (χ2n) is 3.68. The van der Waals surface area contributed by atoms with E-state index in [0.29, 0.717) is 18.5 Å². The maximum absolute atomic E-state index is 5.92. The van der Waals surface area contributed by atoms with Gasteiger partial charge in [-0.3, -0.25) is 0 Å². The van der Waals surface area contributed by atoms with Crippen molar-refractivity contribution in [2.45, 2.75) is 25.8 Å². The first kappa shape index (κ1) is 11.7. The van der Waals surface area contributed by atoms with Crippen molar-refractivity contribution < 1.29 is 9.47 Å². The molecule has 0 spiro atoms. The zero-order chi connectivity index (χ0) is 11.3. The maximum Gasteiger partial charge on any atom is 0.319 e. The van der Waals surface area contributed by atoms with E-state index in [9.17, 15) is 0 Å².